The number of nitrogens with one attached hydrogen (secondary N) is 1. The Morgan fingerprint density at radius 2 is 1.79 bits per heavy atom. The van der Waals surface area contributed by atoms with Gasteiger partial charge in [0, 0.05) is 29.8 Å². The van der Waals surface area contributed by atoms with Crippen molar-refractivity contribution in [2.24, 2.45) is 0 Å². The summed E-state index contributed by atoms with van der Waals surface area (Å²) in [6, 6.07) is 18.1. The number of ketones is 1. The highest BCUT2D eigenvalue weighted by Gasteiger charge is 2.20. The van der Waals surface area contributed by atoms with E-state index in [2.05, 4.69) is 5.32 Å². The molecule has 148 valence electrons. The third kappa shape index (κ3) is 5.16. The van der Waals surface area contributed by atoms with Gasteiger partial charge in [0.05, 0.1) is 18.1 Å². The number of rotatable bonds is 8. The van der Waals surface area contributed by atoms with Gasteiger partial charge >= 0.3 is 0 Å². The van der Waals surface area contributed by atoms with Crippen LogP contribution in [0.2, 0.25) is 0 Å². The van der Waals surface area contributed by atoms with Crippen molar-refractivity contribution < 1.29 is 18.8 Å². The molecule has 0 saturated heterocycles. The number of methoxy groups -OCH3 is 1. The molecular weight excluding hydrogens is 375 g/mol. The molecule has 7 heteroatoms. The van der Waals surface area contributed by atoms with Crippen LogP contribution in [0.25, 0.3) is 0 Å². The lowest BCUT2D eigenvalue weighted by molar-refractivity contribution is -0.384. The molecule has 0 aliphatic carbocycles. The number of hydrogen-bond donors (Lipinski definition) is 1. The fraction of sp³-hybridized carbons (Fsp3) is 0.136. The van der Waals surface area contributed by atoms with Gasteiger partial charge < -0.3 is 10.1 Å². The van der Waals surface area contributed by atoms with Gasteiger partial charge in [0.2, 0.25) is 0 Å². The topological polar surface area (TPSA) is 81.5 Å². The highest BCUT2D eigenvalue weighted by Crippen LogP contribution is 2.28. The first-order valence-corrected chi connectivity index (χ1v) is 8.90. The Hall–Kier alpha value is -3.74. The molecule has 0 spiro atoms. The first kappa shape index (κ1) is 20.0. The largest absolute Gasteiger partial charge is 0.497 e. The zero-order valence-corrected chi connectivity index (χ0v) is 15.7. The second kappa shape index (κ2) is 8.97. The molecule has 0 radical (unpaired) electrons. The Kier molecular flexibility index (Phi) is 6.19. The molecule has 0 aliphatic rings. The van der Waals surface area contributed by atoms with E-state index in [1.807, 2.05) is 0 Å². The van der Waals surface area contributed by atoms with Crippen molar-refractivity contribution in [2.75, 3.05) is 12.4 Å². The van der Waals surface area contributed by atoms with Crippen LogP contribution in [0.1, 0.15) is 28.4 Å². The van der Waals surface area contributed by atoms with Crippen LogP contribution in [0.3, 0.4) is 0 Å². The quantitative estimate of drug-likeness (QED) is 0.324. The molecule has 3 aromatic carbocycles. The number of non-ortho nitro benzene ring substituents is 1. The zero-order chi connectivity index (χ0) is 20.8. The molecule has 1 unspecified atom stereocenters. The van der Waals surface area contributed by atoms with Gasteiger partial charge in [0.1, 0.15) is 11.6 Å². The molecule has 0 bridgehead atoms. The van der Waals surface area contributed by atoms with E-state index in [1.165, 1.54) is 36.4 Å². The predicted octanol–water partition coefficient (Wildman–Crippen LogP) is 5.17. The molecule has 0 aromatic heterocycles. The Bertz CT molecular complexity index is 1000. The Labute approximate surface area is 167 Å². The second-order valence-corrected chi connectivity index (χ2v) is 6.41. The number of anilines is 1. The van der Waals surface area contributed by atoms with E-state index in [-0.39, 0.29) is 17.9 Å². The minimum atomic E-state index is -0.513. The summed E-state index contributed by atoms with van der Waals surface area (Å²) < 4.78 is 18.3. The summed E-state index contributed by atoms with van der Waals surface area (Å²) >= 11 is 0. The Morgan fingerprint density at radius 1 is 1.10 bits per heavy atom. The normalized spacial score (nSPS) is 11.5. The summed E-state index contributed by atoms with van der Waals surface area (Å²) in [5, 5.41) is 14.4. The lowest BCUT2D eigenvalue weighted by atomic mass is 9.97. The number of nitrogens with zero attached hydrogens (tertiary/aromatic N) is 1. The summed E-state index contributed by atoms with van der Waals surface area (Å²) in [4.78, 5) is 23.4. The molecule has 29 heavy (non-hydrogen) atoms. The number of nitro groups is 1. The molecule has 3 aromatic rings. The number of carbonyl (C=O) groups is 1. The maximum atomic E-state index is 13.1. The fourth-order valence-corrected chi connectivity index (χ4v) is 2.93. The van der Waals surface area contributed by atoms with Gasteiger partial charge in [-0.3, -0.25) is 14.9 Å². The number of benzene rings is 3. The number of nitro benzene ring substituents is 1. The van der Waals surface area contributed by atoms with Crippen LogP contribution in [-0.4, -0.2) is 17.8 Å². The number of ether oxygens (including phenoxy) is 1. The first-order chi connectivity index (χ1) is 14.0. The van der Waals surface area contributed by atoms with Crippen LogP contribution in [0.15, 0.2) is 72.8 Å². The predicted molar refractivity (Wildman–Crippen MR) is 108 cm³/mol. The molecule has 0 aliphatic heterocycles. The average molecular weight is 394 g/mol. The highest BCUT2D eigenvalue weighted by atomic mass is 19.1. The SMILES string of the molecule is COc1ccc(NC(CC(=O)c2ccc(F)cc2)c2cccc([N+](=O)[O-])c2)cc1. The van der Waals surface area contributed by atoms with Gasteiger partial charge in [-0.25, -0.2) is 4.39 Å². The van der Waals surface area contributed by atoms with Crippen molar-refractivity contribution in [3.05, 3.63) is 99.9 Å². The fourth-order valence-electron chi connectivity index (χ4n) is 2.93. The van der Waals surface area contributed by atoms with Crippen LogP contribution in [-0.2, 0) is 0 Å². The average Bonchev–Trinajstić information content (AvgIpc) is 2.74. The zero-order valence-electron chi connectivity index (χ0n) is 15.7. The third-order valence-electron chi connectivity index (χ3n) is 4.47. The standard InChI is InChI=1S/C22H19FN2O4/c1-29-20-11-9-18(10-12-20)24-21(16-3-2-4-19(13-16)25(27)28)14-22(26)15-5-7-17(23)8-6-15/h2-13,21,24H,14H2,1H3. The molecule has 0 fully saturated rings. The molecule has 0 heterocycles. The Morgan fingerprint density at radius 3 is 2.41 bits per heavy atom. The Balaban J connectivity index is 1.89. The van der Waals surface area contributed by atoms with Crippen molar-refractivity contribution in [1.29, 1.82) is 0 Å². The summed E-state index contributed by atoms with van der Waals surface area (Å²) in [5.74, 6) is 0.0560. The number of hydrogen-bond acceptors (Lipinski definition) is 5. The van der Waals surface area contributed by atoms with E-state index in [0.29, 0.717) is 16.9 Å². The monoisotopic (exact) mass is 394 g/mol. The first-order valence-electron chi connectivity index (χ1n) is 8.90. The molecule has 0 saturated carbocycles. The molecule has 0 amide bonds. The van der Waals surface area contributed by atoms with E-state index in [0.717, 1.165) is 5.69 Å². The van der Waals surface area contributed by atoms with Crippen LogP contribution >= 0.6 is 0 Å². The smallest absolute Gasteiger partial charge is 0.269 e. The summed E-state index contributed by atoms with van der Waals surface area (Å²) in [5.41, 5.74) is 1.65. The van der Waals surface area contributed by atoms with Crippen molar-refractivity contribution in [1.82, 2.24) is 0 Å². The maximum Gasteiger partial charge on any atom is 0.269 e. The molecular formula is C22H19FN2O4. The molecule has 1 atom stereocenters. The van der Waals surface area contributed by atoms with Gasteiger partial charge in [0.25, 0.3) is 5.69 Å². The molecule has 1 N–H and O–H groups in total. The van der Waals surface area contributed by atoms with Crippen LogP contribution in [0.5, 0.6) is 5.75 Å². The van der Waals surface area contributed by atoms with E-state index in [9.17, 15) is 19.3 Å². The van der Waals surface area contributed by atoms with E-state index >= 15 is 0 Å². The minimum absolute atomic E-state index is 0.0405. The van der Waals surface area contributed by atoms with E-state index in [4.69, 9.17) is 4.74 Å². The third-order valence-corrected chi connectivity index (χ3v) is 4.47. The minimum Gasteiger partial charge on any atom is -0.497 e. The number of Topliss-reactive ketones (excluding diaryl/α,β-unsaturated/α-hetero) is 1. The number of carbonyl (C=O) groups excluding carboxylic acids is 1. The highest BCUT2D eigenvalue weighted by molar-refractivity contribution is 5.96. The summed E-state index contributed by atoms with van der Waals surface area (Å²) in [7, 11) is 1.57. The van der Waals surface area contributed by atoms with Crippen LogP contribution in [0.4, 0.5) is 15.8 Å². The maximum absolute atomic E-state index is 13.1. The van der Waals surface area contributed by atoms with Gasteiger partial charge in [-0.05, 0) is 54.1 Å². The van der Waals surface area contributed by atoms with Gasteiger partial charge in [-0.2, -0.15) is 0 Å². The van der Waals surface area contributed by atoms with Crippen LogP contribution < -0.4 is 10.1 Å². The molecule has 3 rings (SSSR count). The second-order valence-electron chi connectivity index (χ2n) is 6.41. The van der Waals surface area contributed by atoms with E-state index < -0.39 is 16.8 Å². The van der Waals surface area contributed by atoms with Crippen molar-refractivity contribution in [2.45, 2.75) is 12.5 Å². The van der Waals surface area contributed by atoms with Crippen molar-refractivity contribution in [3.63, 3.8) is 0 Å². The van der Waals surface area contributed by atoms with Crippen molar-refractivity contribution in [3.8, 4) is 5.75 Å². The summed E-state index contributed by atoms with van der Waals surface area (Å²) in [6.07, 6.45) is 0.0405. The van der Waals surface area contributed by atoms with Gasteiger partial charge in [-0.1, -0.05) is 12.1 Å². The van der Waals surface area contributed by atoms with Crippen molar-refractivity contribution >= 4 is 17.2 Å². The number of halogens is 1. The van der Waals surface area contributed by atoms with E-state index in [1.54, 1.807) is 43.5 Å². The van der Waals surface area contributed by atoms with Gasteiger partial charge in [0.15, 0.2) is 5.78 Å². The van der Waals surface area contributed by atoms with Gasteiger partial charge in [-0.15, -0.1) is 0 Å². The summed E-state index contributed by atoms with van der Waals surface area (Å²) in [6.45, 7) is 0. The van der Waals surface area contributed by atoms with Crippen LogP contribution in [0, 0.1) is 15.9 Å². The molecule has 6 nitrogen and oxygen atoms in total. The lowest BCUT2D eigenvalue weighted by Gasteiger charge is -2.20. The lowest BCUT2D eigenvalue weighted by Crippen LogP contribution is -2.16.